The molecule has 5 rings (SSSR count). The van der Waals surface area contributed by atoms with Gasteiger partial charge in [-0.1, -0.05) is 17.2 Å². The maximum absolute atomic E-state index is 13.9. The number of carbonyl (C=O) groups excluding carboxylic acids is 2. The van der Waals surface area contributed by atoms with Crippen molar-refractivity contribution in [2.24, 2.45) is 5.41 Å². The molecule has 3 atom stereocenters. The molecule has 2 aliphatic heterocycles. The molecular weight excluding hydrogens is 591 g/mol. The molecule has 14 heteroatoms. The highest BCUT2D eigenvalue weighted by Crippen LogP contribution is 2.41. The van der Waals surface area contributed by atoms with E-state index in [1.807, 2.05) is 6.92 Å². The molecule has 3 unspecified atom stereocenters. The number of likely N-dealkylation sites (tertiary alicyclic amines) is 1. The Balaban J connectivity index is 1.38. The summed E-state index contributed by atoms with van der Waals surface area (Å²) in [5.41, 5.74) is -1.09. The van der Waals surface area contributed by atoms with Gasteiger partial charge in [-0.2, -0.15) is 10.5 Å². The number of amides is 2. The molecule has 0 radical (unpaired) electrons. The second-order valence-electron chi connectivity index (χ2n) is 12.7. The van der Waals surface area contributed by atoms with E-state index in [1.54, 1.807) is 61.9 Å². The number of nitrogens with one attached hydrogen (secondary N) is 1. The van der Waals surface area contributed by atoms with Crippen LogP contribution in [0.2, 0.25) is 0 Å². The van der Waals surface area contributed by atoms with Gasteiger partial charge in [0.1, 0.15) is 17.2 Å². The third-order valence-electron chi connectivity index (χ3n) is 8.42. The number of anilines is 1. The predicted octanol–water partition coefficient (Wildman–Crippen LogP) is 3.93. The Kier molecular flexibility index (Phi) is 8.33. The number of benzene rings is 1. The van der Waals surface area contributed by atoms with Crippen molar-refractivity contribution in [2.75, 3.05) is 31.6 Å². The lowest BCUT2D eigenvalue weighted by molar-refractivity contribution is -0.145. The number of ether oxygens (including phenoxy) is 2. The van der Waals surface area contributed by atoms with E-state index in [9.17, 15) is 19.2 Å². The zero-order chi connectivity index (χ0) is 31.9. The molecule has 234 valence electrons. The molecule has 2 fully saturated rings. The number of rotatable bonds is 5. The summed E-state index contributed by atoms with van der Waals surface area (Å²) in [6.07, 6.45) is 3.17. The number of morpholine rings is 1. The number of likely N-dealkylation sites (N-methyl/N-ethyl adjacent to an activating group) is 1. The number of hydrogen-bond acceptors (Lipinski definition) is 9. The van der Waals surface area contributed by atoms with Gasteiger partial charge < -0.3 is 19.3 Å². The molecule has 2 saturated heterocycles. The number of fused-ring (bicyclic) bond motifs is 1. The Hall–Kier alpha value is -4.18. The predicted molar refractivity (Wildman–Crippen MR) is 159 cm³/mol. The number of nitriles is 1. The molecule has 3 aliphatic rings. The zero-order valence-corrected chi connectivity index (χ0v) is 26.1. The molecule has 1 N–H and O–H groups in total. The number of nitrogens with zero attached hydrogens (tertiary/aromatic N) is 7. The van der Waals surface area contributed by atoms with Crippen molar-refractivity contribution in [2.45, 2.75) is 69.6 Å². The first-order chi connectivity index (χ1) is 20.7. The van der Waals surface area contributed by atoms with Crippen molar-refractivity contribution in [1.29, 1.82) is 5.26 Å². The molecule has 1 aliphatic carbocycles. The smallest absolute Gasteiger partial charge is 0.415 e. The van der Waals surface area contributed by atoms with Crippen LogP contribution in [0.15, 0.2) is 47.9 Å². The highest BCUT2D eigenvalue weighted by atomic mass is 35.5. The lowest BCUT2D eigenvalue weighted by Crippen LogP contribution is -2.57. The fourth-order valence-electron chi connectivity index (χ4n) is 5.67. The lowest BCUT2D eigenvalue weighted by atomic mass is 9.75. The Morgan fingerprint density at radius 2 is 1.95 bits per heavy atom. The molecule has 1 aromatic heterocycles. The second-order valence-corrected chi connectivity index (χ2v) is 13.1. The number of hydrogen-bond donors (Lipinski definition) is 1. The van der Waals surface area contributed by atoms with E-state index < -0.39 is 34.1 Å². The Morgan fingerprint density at radius 1 is 1.27 bits per heavy atom. The summed E-state index contributed by atoms with van der Waals surface area (Å²) >= 11 is 6.88. The van der Waals surface area contributed by atoms with Gasteiger partial charge in [0.15, 0.2) is 6.10 Å². The van der Waals surface area contributed by atoms with Gasteiger partial charge in [-0.25, -0.2) is 9.18 Å². The normalized spacial score (nSPS) is 24.7. The fraction of sp³-hybridized carbons (Fsp3) is 0.533. The topological polar surface area (TPSA) is 141 Å². The first-order valence-electron chi connectivity index (χ1n) is 14.4. The molecule has 0 spiro atoms. The van der Waals surface area contributed by atoms with Gasteiger partial charge >= 0.3 is 6.09 Å². The SMILES string of the molecule is CN(c1nn[nH]n1)C1(C)C=C2OC(C(=O)N3CCC(C#N)(Cc4ccc(F)cc4)CC3)CN(C(=O)OC(C)(C)C)C2=CC1Cl. The van der Waals surface area contributed by atoms with E-state index >= 15 is 0 Å². The summed E-state index contributed by atoms with van der Waals surface area (Å²) in [6, 6.07) is 8.59. The standard InChI is InChI=1S/C30H36ClFN8O4/c1-28(2,3)44-27(42)40-17-23(43-22-16-29(4,24(31)14-21(22)40)38(5)26-34-36-37-35-26)25(41)39-12-10-30(18-33,11-13-39)15-19-6-8-20(32)9-7-19/h6-9,14,16,23-24H,10-13,15,17H2,1-5H3,(H,34,35,36,37). The van der Waals surface area contributed by atoms with E-state index in [2.05, 4.69) is 26.7 Å². The maximum atomic E-state index is 13.9. The van der Waals surface area contributed by atoms with Crippen LogP contribution in [0.25, 0.3) is 0 Å². The Bertz CT molecular complexity index is 1490. The first-order valence-corrected chi connectivity index (χ1v) is 14.9. The van der Waals surface area contributed by atoms with E-state index in [4.69, 9.17) is 21.1 Å². The third kappa shape index (κ3) is 6.22. The number of aromatic nitrogens is 4. The fourth-order valence-corrected chi connectivity index (χ4v) is 6.00. The first kappa shape index (κ1) is 31.3. The van der Waals surface area contributed by atoms with Gasteiger partial charge in [-0.15, -0.1) is 16.7 Å². The summed E-state index contributed by atoms with van der Waals surface area (Å²) in [5.74, 6) is -0.0281. The second kappa shape index (κ2) is 11.7. The number of aromatic amines is 1. The van der Waals surface area contributed by atoms with Crippen LogP contribution in [0.5, 0.6) is 0 Å². The summed E-state index contributed by atoms with van der Waals surface area (Å²) in [5, 5.41) is 23.6. The highest BCUT2D eigenvalue weighted by Gasteiger charge is 2.47. The van der Waals surface area contributed by atoms with Crippen molar-refractivity contribution in [3.8, 4) is 6.07 Å². The lowest BCUT2D eigenvalue weighted by Gasteiger charge is -2.46. The van der Waals surface area contributed by atoms with Gasteiger partial charge in [0, 0.05) is 20.1 Å². The minimum absolute atomic E-state index is 0.0760. The van der Waals surface area contributed by atoms with Crippen molar-refractivity contribution >= 4 is 29.5 Å². The van der Waals surface area contributed by atoms with Crippen LogP contribution < -0.4 is 4.90 Å². The molecule has 2 aromatic rings. The quantitative estimate of drug-likeness (QED) is 0.489. The number of tetrazole rings is 1. The zero-order valence-electron chi connectivity index (χ0n) is 25.4. The summed E-state index contributed by atoms with van der Waals surface area (Å²) < 4.78 is 25.4. The van der Waals surface area contributed by atoms with Gasteiger partial charge in [-0.3, -0.25) is 9.69 Å². The van der Waals surface area contributed by atoms with Gasteiger partial charge in [-0.05, 0) is 82.0 Å². The minimum atomic E-state index is -1.02. The summed E-state index contributed by atoms with van der Waals surface area (Å²) in [4.78, 5) is 32.1. The van der Waals surface area contributed by atoms with Crippen LogP contribution in [0.1, 0.15) is 46.1 Å². The monoisotopic (exact) mass is 626 g/mol. The molecule has 3 heterocycles. The molecular formula is C30H36ClFN8O4. The average Bonchev–Trinajstić information content (AvgIpc) is 3.52. The van der Waals surface area contributed by atoms with E-state index in [0.717, 1.165) is 5.56 Å². The minimum Gasteiger partial charge on any atom is -0.477 e. The van der Waals surface area contributed by atoms with E-state index in [0.29, 0.717) is 49.8 Å². The Labute approximate surface area is 260 Å². The van der Waals surface area contributed by atoms with E-state index in [1.165, 1.54) is 17.0 Å². The number of halogens is 2. The maximum Gasteiger partial charge on any atom is 0.415 e. The van der Waals surface area contributed by atoms with Crippen LogP contribution in [0, 0.1) is 22.6 Å². The van der Waals surface area contributed by atoms with E-state index in [-0.39, 0.29) is 18.3 Å². The van der Waals surface area contributed by atoms with Crippen molar-refractivity contribution < 1.29 is 23.5 Å². The number of piperidine rings is 1. The van der Waals surface area contributed by atoms with Gasteiger partial charge in [0.25, 0.3) is 11.9 Å². The third-order valence-corrected chi connectivity index (χ3v) is 8.99. The molecule has 1 aromatic carbocycles. The van der Waals surface area contributed by atoms with Crippen LogP contribution in [0.3, 0.4) is 0 Å². The summed E-state index contributed by atoms with van der Waals surface area (Å²) in [6.45, 7) is 7.76. The molecule has 44 heavy (non-hydrogen) atoms. The largest absolute Gasteiger partial charge is 0.477 e. The van der Waals surface area contributed by atoms with Crippen LogP contribution in [-0.4, -0.2) is 91.7 Å². The molecule has 0 bridgehead atoms. The van der Waals surface area contributed by atoms with Crippen LogP contribution >= 0.6 is 11.6 Å². The van der Waals surface area contributed by atoms with Crippen LogP contribution in [0.4, 0.5) is 15.1 Å². The summed E-state index contributed by atoms with van der Waals surface area (Å²) in [7, 11) is 1.76. The van der Waals surface area contributed by atoms with Gasteiger partial charge in [0.05, 0.1) is 34.6 Å². The number of H-pyrrole nitrogens is 1. The van der Waals surface area contributed by atoms with Crippen molar-refractivity contribution in [3.63, 3.8) is 0 Å². The average molecular weight is 627 g/mol. The molecule has 2 amide bonds. The van der Waals surface area contributed by atoms with Crippen molar-refractivity contribution in [3.05, 3.63) is 59.3 Å². The Morgan fingerprint density at radius 3 is 2.55 bits per heavy atom. The molecule has 0 saturated carbocycles. The number of carbonyl (C=O) groups is 2. The molecule has 12 nitrogen and oxygen atoms in total. The highest BCUT2D eigenvalue weighted by molar-refractivity contribution is 6.23. The number of alkyl halides is 1. The van der Waals surface area contributed by atoms with Crippen molar-refractivity contribution in [1.82, 2.24) is 30.4 Å². The van der Waals surface area contributed by atoms with Crippen LogP contribution in [-0.2, 0) is 20.7 Å². The van der Waals surface area contributed by atoms with Gasteiger partial charge in [0.2, 0.25) is 0 Å².